The van der Waals surface area contributed by atoms with Crippen LogP contribution in [0.5, 0.6) is 11.6 Å². The average Bonchev–Trinajstić information content (AvgIpc) is 2.53. The van der Waals surface area contributed by atoms with Gasteiger partial charge in [0.2, 0.25) is 5.88 Å². The number of ether oxygens (including phenoxy) is 2. The van der Waals surface area contributed by atoms with E-state index in [0.29, 0.717) is 12.5 Å². The fraction of sp³-hybridized carbons (Fsp3) is 0.188. The smallest absolute Gasteiger partial charge is 0.222 e. The van der Waals surface area contributed by atoms with Crippen molar-refractivity contribution in [3.8, 4) is 11.6 Å². The van der Waals surface area contributed by atoms with Crippen LogP contribution in [0.1, 0.15) is 11.1 Å². The topological polar surface area (TPSA) is 51.6 Å². The fourth-order valence-corrected chi connectivity index (χ4v) is 2.08. The molecule has 1 aliphatic rings. The quantitative estimate of drug-likeness (QED) is 0.926. The van der Waals surface area contributed by atoms with E-state index < -0.39 is 0 Å². The third-order valence-electron chi connectivity index (χ3n) is 3.06. The maximum atomic E-state index is 8.72. The lowest BCUT2D eigenvalue weighted by Crippen LogP contribution is -2.05. The van der Waals surface area contributed by atoms with Crippen LogP contribution in [0.15, 0.2) is 48.7 Å². The average molecular weight is 269 g/mol. The molecule has 0 saturated carbocycles. The number of aliphatic hydroxyl groups excluding tert-OH is 1. The van der Waals surface area contributed by atoms with Crippen LogP contribution < -0.4 is 9.47 Å². The largest absolute Gasteiger partial charge is 0.491 e. The zero-order valence-corrected chi connectivity index (χ0v) is 11.0. The first kappa shape index (κ1) is 12.7. The lowest BCUT2D eigenvalue weighted by molar-refractivity contribution is 0.201. The maximum Gasteiger partial charge on any atom is 0.222 e. The molecule has 1 aliphatic heterocycles. The Bertz CT molecular complexity index is 620. The Morgan fingerprint density at radius 2 is 2.05 bits per heavy atom. The molecule has 0 saturated heterocycles. The Labute approximate surface area is 117 Å². The molecular weight excluding hydrogens is 254 g/mol. The van der Waals surface area contributed by atoms with Crippen LogP contribution in [-0.4, -0.2) is 23.3 Å². The zero-order chi connectivity index (χ0) is 13.8. The van der Waals surface area contributed by atoms with Gasteiger partial charge in [0, 0.05) is 17.3 Å². The van der Waals surface area contributed by atoms with E-state index in [4.69, 9.17) is 14.6 Å². The molecule has 1 N–H and O–H groups in total. The predicted molar refractivity (Wildman–Crippen MR) is 75.6 cm³/mol. The lowest BCUT2D eigenvalue weighted by atomic mass is 10.1. The van der Waals surface area contributed by atoms with Crippen LogP contribution in [0, 0.1) is 0 Å². The van der Waals surface area contributed by atoms with Crippen molar-refractivity contribution < 1.29 is 14.6 Å². The molecule has 102 valence electrons. The summed E-state index contributed by atoms with van der Waals surface area (Å²) in [6, 6.07) is 11.5. The summed E-state index contributed by atoms with van der Waals surface area (Å²) in [5.74, 6) is 2.22. The van der Waals surface area contributed by atoms with Crippen molar-refractivity contribution in [3.05, 3.63) is 59.8 Å². The zero-order valence-electron chi connectivity index (χ0n) is 11.0. The van der Waals surface area contributed by atoms with Gasteiger partial charge in [-0.15, -0.1) is 0 Å². The van der Waals surface area contributed by atoms with E-state index in [2.05, 4.69) is 4.98 Å². The molecule has 1 aromatic heterocycles. The summed E-state index contributed by atoms with van der Waals surface area (Å²) in [5.41, 5.74) is 2.08. The van der Waals surface area contributed by atoms with Gasteiger partial charge in [0.15, 0.2) is 0 Å². The van der Waals surface area contributed by atoms with E-state index in [0.717, 1.165) is 29.1 Å². The Morgan fingerprint density at radius 1 is 1.20 bits per heavy atom. The van der Waals surface area contributed by atoms with E-state index >= 15 is 0 Å². The molecule has 0 aliphatic carbocycles. The summed E-state index contributed by atoms with van der Waals surface area (Å²) in [7, 11) is 0. The Balaban J connectivity index is 1.76. The van der Waals surface area contributed by atoms with Gasteiger partial charge in [-0.2, -0.15) is 0 Å². The highest BCUT2D eigenvalue weighted by molar-refractivity contribution is 5.64. The first-order chi connectivity index (χ1) is 9.86. The van der Waals surface area contributed by atoms with E-state index in [1.165, 1.54) is 0 Å². The van der Waals surface area contributed by atoms with Gasteiger partial charge in [0.1, 0.15) is 18.1 Å². The van der Waals surface area contributed by atoms with Crippen molar-refractivity contribution in [1.29, 1.82) is 0 Å². The number of hydrogen-bond donors (Lipinski definition) is 1. The summed E-state index contributed by atoms with van der Waals surface area (Å²) < 4.78 is 11.1. The Kier molecular flexibility index (Phi) is 3.65. The van der Waals surface area contributed by atoms with E-state index in [-0.39, 0.29) is 6.61 Å². The minimum Gasteiger partial charge on any atom is -0.491 e. The molecule has 2 aromatic rings. The molecule has 20 heavy (non-hydrogen) atoms. The van der Waals surface area contributed by atoms with Crippen LogP contribution in [-0.2, 0) is 6.42 Å². The van der Waals surface area contributed by atoms with Crippen molar-refractivity contribution in [2.45, 2.75) is 6.42 Å². The minimum atomic E-state index is 0.0124. The van der Waals surface area contributed by atoms with Gasteiger partial charge < -0.3 is 14.6 Å². The summed E-state index contributed by atoms with van der Waals surface area (Å²) in [6.07, 6.45) is 4.60. The SMILES string of the molecule is OCCOc1ccc(C2=CCc3cccnc3O2)cc1. The van der Waals surface area contributed by atoms with Crippen LogP contribution >= 0.6 is 0 Å². The molecule has 3 rings (SSSR count). The summed E-state index contributed by atoms with van der Waals surface area (Å²) in [4.78, 5) is 4.24. The molecule has 0 unspecified atom stereocenters. The highest BCUT2D eigenvalue weighted by Crippen LogP contribution is 2.29. The first-order valence-electron chi connectivity index (χ1n) is 6.53. The van der Waals surface area contributed by atoms with Gasteiger partial charge in [-0.3, -0.25) is 0 Å². The molecule has 0 fully saturated rings. The highest BCUT2D eigenvalue weighted by atomic mass is 16.5. The van der Waals surface area contributed by atoms with E-state index in [1.54, 1.807) is 6.20 Å². The minimum absolute atomic E-state index is 0.0124. The maximum absolute atomic E-state index is 8.72. The second-order valence-corrected chi connectivity index (χ2v) is 4.44. The molecule has 0 atom stereocenters. The van der Waals surface area contributed by atoms with E-state index in [1.807, 2.05) is 42.5 Å². The van der Waals surface area contributed by atoms with Crippen molar-refractivity contribution in [1.82, 2.24) is 4.98 Å². The standard InChI is InChI=1S/C16H15NO3/c18-10-11-19-14-6-3-12(4-7-14)15-8-5-13-2-1-9-17-16(13)20-15/h1-4,6-9,18H,5,10-11H2. The van der Waals surface area contributed by atoms with Gasteiger partial charge in [-0.25, -0.2) is 4.98 Å². The third kappa shape index (κ3) is 2.65. The van der Waals surface area contributed by atoms with Crippen LogP contribution in [0.2, 0.25) is 0 Å². The van der Waals surface area contributed by atoms with Gasteiger partial charge in [-0.1, -0.05) is 6.07 Å². The number of nitrogens with zero attached hydrogens (tertiary/aromatic N) is 1. The number of allylic oxidation sites excluding steroid dienone is 1. The third-order valence-corrected chi connectivity index (χ3v) is 3.06. The highest BCUT2D eigenvalue weighted by Gasteiger charge is 2.14. The predicted octanol–water partition coefficient (Wildman–Crippen LogP) is 2.43. The Morgan fingerprint density at radius 3 is 2.85 bits per heavy atom. The van der Waals surface area contributed by atoms with Crippen LogP contribution in [0.4, 0.5) is 0 Å². The molecular formula is C16H15NO3. The number of rotatable bonds is 4. The molecule has 0 spiro atoms. The lowest BCUT2D eigenvalue weighted by Gasteiger charge is -2.17. The second-order valence-electron chi connectivity index (χ2n) is 4.44. The molecule has 4 nitrogen and oxygen atoms in total. The number of aromatic nitrogens is 1. The van der Waals surface area contributed by atoms with Crippen molar-refractivity contribution in [2.75, 3.05) is 13.2 Å². The number of pyridine rings is 1. The van der Waals surface area contributed by atoms with Crippen molar-refractivity contribution in [3.63, 3.8) is 0 Å². The summed E-state index contributed by atoms with van der Waals surface area (Å²) >= 11 is 0. The summed E-state index contributed by atoms with van der Waals surface area (Å²) in [6.45, 7) is 0.314. The Hall–Kier alpha value is -2.33. The fourth-order valence-electron chi connectivity index (χ4n) is 2.08. The van der Waals surface area contributed by atoms with Gasteiger partial charge in [0.05, 0.1) is 6.61 Å². The number of aliphatic hydroxyl groups is 1. The van der Waals surface area contributed by atoms with E-state index in [9.17, 15) is 0 Å². The molecule has 0 radical (unpaired) electrons. The van der Waals surface area contributed by atoms with Gasteiger partial charge in [-0.05, 0) is 42.8 Å². The normalized spacial score (nSPS) is 13.2. The van der Waals surface area contributed by atoms with Crippen LogP contribution in [0.25, 0.3) is 5.76 Å². The molecule has 1 aromatic carbocycles. The second kappa shape index (κ2) is 5.75. The molecule has 0 bridgehead atoms. The van der Waals surface area contributed by atoms with Gasteiger partial charge in [0.25, 0.3) is 0 Å². The van der Waals surface area contributed by atoms with Crippen LogP contribution in [0.3, 0.4) is 0 Å². The van der Waals surface area contributed by atoms with Gasteiger partial charge >= 0.3 is 0 Å². The summed E-state index contributed by atoms with van der Waals surface area (Å²) in [5, 5.41) is 8.72. The molecule has 0 amide bonds. The molecule has 2 heterocycles. The number of benzene rings is 1. The number of fused-ring (bicyclic) bond motifs is 1. The monoisotopic (exact) mass is 269 g/mol. The first-order valence-corrected chi connectivity index (χ1v) is 6.53. The molecule has 4 heteroatoms. The van der Waals surface area contributed by atoms with Crippen molar-refractivity contribution in [2.24, 2.45) is 0 Å². The number of hydrogen-bond acceptors (Lipinski definition) is 4. The van der Waals surface area contributed by atoms with Crippen molar-refractivity contribution >= 4 is 5.76 Å².